The fraction of sp³-hybridized carbons (Fsp3) is 0.538. The van der Waals surface area contributed by atoms with E-state index in [0.29, 0.717) is 11.5 Å². The van der Waals surface area contributed by atoms with Gasteiger partial charge in [0.1, 0.15) is 0 Å². The van der Waals surface area contributed by atoms with Gasteiger partial charge in [0.2, 0.25) is 5.75 Å². The zero-order valence-electron chi connectivity index (χ0n) is 10.7. The molecule has 0 atom stereocenters. The summed E-state index contributed by atoms with van der Waals surface area (Å²) in [6.07, 6.45) is 2.02. The third-order valence-electron chi connectivity index (χ3n) is 2.92. The number of hydrogen-bond acceptors (Lipinski definition) is 3. The highest BCUT2D eigenvalue weighted by Gasteiger charge is 2.19. The van der Waals surface area contributed by atoms with E-state index >= 15 is 0 Å². The van der Waals surface area contributed by atoms with Crippen molar-refractivity contribution >= 4 is 0 Å². The van der Waals surface area contributed by atoms with Crippen molar-refractivity contribution in [3.05, 3.63) is 16.7 Å². The molecule has 0 aliphatic carbocycles. The van der Waals surface area contributed by atoms with Crippen LogP contribution in [0.5, 0.6) is 17.2 Å². The first-order valence-electron chi connectivity index (χ1n) is 5.51. The van der Waals surface area contributed by atoms with E-state index in [2.05, 4.69) is 6.92 Å². The van der Waals surface area contributed by atoms with Crippen LogP contribution in [0.1, 0.15) is 30.0 Å². The van der Waals surface area contributed by atoms with Crippen LogP contribution in [-0.4, -0.2) is 19.3 Å². The standard InChI is InChI=1S/C13H20O3/c1-6-7-10-8(2)12(15-4)11(14)13(16-5)9(10)3/h14H,6-7H2,1-5H3. The van der Waals surface area contributed by atoms with Gasteiger partial charge >= 0.3 is 0 Å². The minimum Gasteiger partial charge on any atom is -0.502 e. The van der Waals surface area contributed by atoms with Crippen LogP contribution in [0.4, 0.5) is 0 Å². The summed E-state index contributed by atoms with van der Waals surface area (Å²) < 4.78 is 10.5. The molecule has 0 heterocycles. The highest BCUT2D eigenvalue weighted by Crippen LogP contribution is 2.44. The van der Waals surface area contributed by atoms with Gasteiger partial charge < -0.3 is 14.6 Å². The van der Waals surface area contributed by atoms with E-state index in [1.807, 2.05) is 13.8 Å². The summed E-state index contributed by atoms with van der Waals surface area (Å²) in [4.78, 5) is 0. The maximum atomic E-state index is 9.99. The molecule has 0 aromatic heterocycles. The highest BCUT2D eigenvalue weighted by atomic mass is 16.5. The van der Waals surface area contributed by atoms with Gasteiger partial charge in [-0.25, -0.2) is 0 Å². The van der Waals surface area contributed by atoms with Crippen molar-refractivity contribution < 1.29 is 14.6 Å². The molecule has 0 unspecified atom stereocenters. The molecule has 3 heteroatoms. The summed E-state index contributed by atoms with van der Waals surface area (Å²) in [5.41, 5.74) is 3.20. The Morgan fingerprint density at radius 3 is 1.75 bits per heavy atom. The van der Waals surface area contributed by atoms with Crippen LogP contribution in [-0.2, 0) is 6.42 Å². The fourth-order valence-electron chi connectivity index (χ4n) is 2.14. The van der Waals surface area contributed by atoms with E-state index in [1.165, 1.54) is 5.56 Å². The Bertz CT molecular complexity index is 352. The largest absolute Gasteiger partial charge is 0.502 e. The predicted molar refractivity (Wildman–Crippen MR) is 64.7 cm³/mol. The summed E-state index contributed by atoms with van der Waals surface area (Å²) in [7, 11) is 3.12. The van der Waals surface area contributed by atoms with Gasteiger partial charge in [0.15, 0.2) is 11.5 Å². The molecule has 0 saturated heterocycles. The normalized spacial score (nSPS) is 10.3. The lowest BCUT2D eigenvalue weighted by Crippen LogP contribution is -2.01. The van der Waals surface area contributed by atoms with Gasteiger partial charge in [-0.05, 0) is 37.0 Å². The molecule has 0 spiro atoms. The zero-order valence-corrected chi connectivity index (χ0v) is 10.7. The first kappa shape index (κ1) is 12.7. The van der Waals surface area contributed by atoms with Crippen LogP contribution >= 0.6 is 0 Å². The molecule has 0 bridgehead atoms. The second-order valence-electron chi connectivity index (χ2n) is 3.89. The molecule has 1 N–H and O–H groups in total. The second-order valence-corrected chi connectivity index (χ2v) is 3.89. The number of ether oxygens (including phenoxy) is 2. The minimum atomic E-state index is 0.0971. The summed E-state index contributed by atoms with van der Waals surface area (Å²) in [6, 6.07) is 0. The van der Waals surface area contributed by atoms with Crippen molar-refractivity contribution in [1.82, 2.24) is 0 Å². The van der Waals surface area contributed by atoms with Gasteiger partial charge in [0.25, 0.3) is 0 Å². The van der Waals surface area contributed by atoms with Gasteiger partial charge in [-0.2, -0.15) is 0 Å². The molecule has 16 heavy (non-hydrogen) atoms. The first-order chi connectivity index (χ1) is 7.58. The van der Waals surface area contributed by atoms with Crippen LogP contribution in [0, 0.1) is 13.8 Å². The zero-order chi connectivity index (χ0) is 12.3. The number of rotatable bonds is 4. The van der Waals surface area contributed by atoms with Gasteiger partial charge in [-0.3, -0.25) is 0 Å². The Hall–Kier alpha value is -1.38. The Morgan fingerprint density at radius 1 is 1.00 bits per heavy atom. The van der Waals surface area contributed by atoms with Crippen molar-refractivity contribution in [2.24, 2.45) is 0 Å². The molecule has 1 aromatic carbocycles. The summed E-state index contributed by atoms with van der Waals surface area (Å²) in [5.74, 6) is 1.14. The fourth-order valence-corrected chi connectivity index (χ4v) is 2.14. The van der Waals surface area contributed by atoms with E-state index in [-0.39, 0.29) is 5.75 Å². The third-order valence-corrected chi connectivity index (χ3v) is 2.92. The van der Waals surface area contributed by atoms with E-state index in [4.69, 9.17) is 9.47 Å². The van der Waals surface area contributed by atoms with Crippen LogP contribution in [0.15, 0.2) is 0 Å². The Kier molecular flexibility index (Phi) is 4.05. The summed E-state index contributed by atoms with van der Waals surface area (Å²) >= 11 is 0. The first-order valence-corrected chi connectivity index (χ1v) is 5.51. The van der Waals surface area contributed by atoms with Gasteiger partial charge in [-0.15, -0.1) is 0 Å². The van der Waals surface area contributed by atoms with Crippen molar-refractivity contribution in [1.29, 1.82) is 0 Å². The Labute approximate surface area is 97.0 Å². The topological polar surface area (TPSA) is 38.7 Å². The molecule has 1 aromatic rings. The van der Waals surface area contributed by atoms with Gasteiger partial charge in [0.05, 0.1) is 14.2 Å². The van der Waals surface area contributed by atoms with Crippen LogP contribution in [0.3, 0.4) is 0 Å². The van der Waals surface area contributed by atoms with Crippen molar-refractivity contribution in [2.75, 3.05) is 14.2 Å². The van der Waals surface area contributed by atoms with E-state index < -0.39 is 0 Å². The maximum absolute atomic E-state index is 9.99. The number of methoxy groups -OCH3 is 2. The lowest BCUT2D eigenvalue weighted by molar-refractivity contribution is 0.335. The lowest BCUT2D eigenvalue weighted by atomic mass is 9.96. The predicted octanol–water partition coefficient (Wildman–Crippen LogP) is 2.98. The molecule has 90 valence electrons. The van der Waals surface area contributed by atoms with Crippen molar-refractivity contribution in [2.45, 2.75) is 33.6 Å². The van der Waals surface area contributed by atoms with Crippen LogP contribution in [0.2, 0.25) is 0 Å². The molecule has 0 radical (unpaired) electrons. The monoisotopic (exact) mass is 224 g/mol. The molecule has 0 aliphatic heterocycles. The molecule has 0 aliphatic rings. The summed E-state index contributed by atoms with van der Waals surface area (Å²) in [6.45, 7) is 6.07. The molecule has 0 amide bonds. The van der Waals surface area contributed by atoms with E-state index in [9.17, 15) is 5.11 Å². The van der Waals surface area contributed by atoms with E-state index in [1.54, 1.807) is 14.2 Å². The maximum Gasteiger partial charge on any atom is 0.201 e. The number of phenolic OH excluding ortho intramolecular Hbond substituents is 1. The molecular weight excluding hydrogens is 204 g/mol. The minimum absolute atomic E-state index is 0.0971. The van der Waals surface area contributed by atoms with Gasteiger partial charge in [-0.1, -0.05) is 13.3 Å². The quantitative estimate of drug-likeness (QED) is 0.854. The SMILES string of the molecule is CCCc1c(C)c(OC)c(O)c(OC)c1C. The Balaban J connectivity index is 3.49. The third kappa shape index (κ3) is 1.94. The lowest BCUT2D eigenvalue weighted by Gasteiger charge is -2.18. The number of hydrogen-bond donors (Lipinski definition) is 1. The number of aromatic hydroxyl groups is 1. The molecule has 0 saturated carbocycles. The average Bonchev–Trinajstić information content (AvgIpc) is 2.26. The van der Waals surface area contributed by atoms with Crippen molar-refractivity contribution in [3.8, 4) is 17.2 Å². The second kappa shape index (κ2) is 5.10. The molecule has 3 nitrogen and oxygen atoms in total. The smallest absolute Gasteiger partial charge is 0.201 e. The average molecular weight is 224 g/mol. The number of phenols is 1. The molecular formula is C13H20O3. The van der Waals surface area contributed by atoms with E-state index in [0.717, 1.165) is 24.0 Å². The molecule has 1 rings (SSSR count). The number of benzene rings is 1. The van der Waals surface area contributed by atoms with Crippen LogP contribution in [0.25, 0.3) is 0 Å². The van der Waals surface area contributed by atoms with Crippen molar-refractivity contribution in [3.63, 3.8) is 0 Å². The van der Waals surface area contributed by atoms with Crippen LogP contribution < -0.4 is 9.47 Å². The summed E-state index contributed by atoms with van der Waals surface area (Å²) in [5, 5.41) is 9.99. The highest BCUT2D eigenvalue weighted by molar-refractivity contribution is 5.62. The van der Waals surface area contributed by atoms with Gasteiger partial charge in [0, 0.05) is 0 Å². The molecule has 0 fully saturated rings. The Morgan fingerprint density at radius 2 is 1.44 bits per heavy atom.